The number of nitrogens with one attached hydrogen (secondary N) is 2. The van der Waals surface area contributed by atoms with Crippen LogP contribution in [0.25, 0.3) is 0 Å². The molecule has 1 aromatic heterocycles. The van der Waals surface area contributed by atoms with Crippen LogP contribution in [0.1, 0.15) is 0 Å². The Labute approximate surface area is 105 Å². The van der Waals surface area contributed by atoms with Gasteiger partial charge in [-0.25, -0.2) is 21.6 Å². The van der Waals surface area contributed by atoms with Crippen molar-refractivity contribution >= 4 is 21.5 Å². The molecule has 102 valence electrons. The lowest BCUT2D eigenvalue weighted by atomic mass is 10.3. The maximum Gasteiger partial charge on any atom is 0.267 e. The normalized spacial score (nSPS) is 11.5. The Hall–Kier alpha value is -2.23. The van der Waals surface area contributed by atoms with E-state index in [9.17, 15) is 21.6 Å². The molecule has 2 aromatic rings. The van der Waals surface area contributed by atoms with Crippen molar-refractivity contribution in [1.29, 1.82) is 0 Å². The Morgan fingerprint density at radius 2 is 1.89 bits per heavy atom. The van der Waals surface area contributed by atoms with Crippen LogP contribution in [-0.4, -0.2) is 18.6 Å². The molecular weight excluding hydrogens is 285 g/mol. The molecule has 0 bridgehead atoms. The van der Waals surface area contributed by atoms with Crippen molar-refractivity contribution in [2.24, 2.45) is 0 Å². The highest BCUT2D eigenvalue weighted by Gasteiger charge is 2.22. The van der Waals surface area contributed by atoms with Crippen molar-refractivity contribution in [2.75, 3.05) is 10.5 Å². The van der Waals surface area contributed by atoms with Gasteiger partial charge in [-0.1, -0.05) is 0 Å². The Balaban J connectivity index is 2.42. The third-order valence-corrected chi connectivity index (χ3v) is 3.59. The first-order valence-electron chi connectivity index (χ1n) is 4.78. The van der Waals surface area contributed by atoms with Gasteiger partial charge >= 0.3 is 0 Å². The predicted octanol–water partition coefficient (Wildman–Crippen LogP) is 1.21. The van der Waals surface area contributed by atoms with Crippen LogP contribution in [0.15, 0.2) is 23.2 Å². The number of rotatable bonds is 3. The van der Waals surface area contributed by atoms with Gasteiger partial charge in [0.25, 0.3) is 10.0 Å². The van der Waals surface area contributed by atoms with Crippen LogP contribution < -0.4 is 10.5 Å². The quantitative estimate of drug-likeness (QED) is 0.740. The number of halogens is 3. The number of nitrogens with zero attached hydrogens (tertiary/aromatic N) is 1. The number of hydrogen-bond acceptors (Lipinski definition) is 4. The first-order valence-corrected chi connectivity index (χ1v) is 6.26. The van der Waals surface area contributed by atoms with Gasteiger partial charge in [0.1, 0.15) is 10.7 Å². The minimum absolute atomic E-state index is 0.268. The van der Waals surface area contributed by atoms with Crippen molar-refractivity contribution in [3.63, 3.8) is 0 Å². The van der Waals surface area contributed by atoms with E-state index in [2.05, 4.69) is 10.2 Å². The average Bonchev–Trinajstić information content (AvgIpc) is 2.77. The van der Waals surface area contributed by atoms with E-state index in [0.29, 0.717) is 6.07 Å². The fourth-order valence-electron chi connectivity index (χ4n) is 1.30. The molecule has 1 heterocycles. The molecule has 0 spiro atoms. The maximum atomic E-state index is 13.3. The third-order valence-electron chi connectivity index (χ3n) is 2.20. The van der Waals surface area contributed by atoms with Crippen LogP contribution in [0.2, 0.25) is 0 Å². The molecule has 0 fully saturated rings. The standard InChI is InChI=1S/C9H7F3N4O2S/c10-4-1-2-5(8(12)7(4)11)16-19(17,18)6-3-14-15-9(6)13/h1-3,16H,(H3,13,14,15). The summed E-state index contributed by atoms with van der Waals surface area (Å²) in [5.74, 6) is -5.12. The average molecular weight is 292 g/mol. The largest absolute Gasteiger partial charge is 0.383 e. The summed E-state index contributed by atoms with van der Waals surface area (Å²) in [4.78, 5) is -0.434. The number of anilines is 2. The lowest BCUT2D eigenvalue weighted by Crippen LogP contribution is -2.15. The second kappa shape index (κ2) is 4.46. The van der Waals surface area contributed by atoms with Crippen LogP contribution in [0.3, 0.4) is 0 Å². The van der Waals surface area contributed by atoms with E-state index in [4.69, 9.17) is 5.73 Å². The Kier molecular flexibility index (Phi) is 3.10. The van der Waals surface area contributed by atoms with Crippen LogP contribution in [0.4, 0.5) is 24.7 Å². The topological polar surface area (TPSA) is 101 Å². The fourth-order valence-corrected chi connectivity index (χ4v) is 2.39. The van der Waals surface area contributed by atoms with Crippen molar-refractivity contribution in [3.05, 3.63) is 35.8 Å². The Bertz CT molecular complexity index is 729. The molecule has 19 heavy (non-hydrogen) atoms. The van der Waals surface area contributed by atoms with E-state index < -0.39 is 38.1 Å². The summed E-state index contributed by atoms with van der Waals surface area (Å²) >= 11 is 0. The molecule has 0 saturated carbocycles. The minimum Gasteiger partial charge on any atom is -0.383 e. The number of hydrogen-bond donors (Lipinski definition) is 3. The zero-order valence-corrected chi connectivity index (χ0v) is 9.93. The maximum absolute atomic E-state index is 13.3. The SMILES string of the molecule is Nc1[nH]ncc1S(=O)(=O)Nc1ccc(F)c(F)c1F. The molecule has 0 atom stereocenters. The molecule has 6 nitrogen and oxygen atoms in total. The fraction of sp³-hybridized carbons (Fsp3) is 0. The first kappa shape index (κ1) is 13.2. The van der Waals surface area contributed by atoms with Crippen molar-refractivity contribution in [3.8, 4) is 0 Å². The van der Waals surface area contributed by atoms with E-state index in [-0.39, 0.29) is 5.82 Å². The second-order valence-electron chi connectivity index (χ2n) is 3.48. The van der Waals surface area contributed by atoms with Crippen LogP contribution in [0, 0.1) is 17.5 Å². The van der Waals surface area contributed by atoms with E-state index >= 15 is 0 Å². The number of nitrogens with two attached hydrogens (primary N) is 1. The molecule has 4 N–H and O–H groups in total. The molecular formula is C9H7F3N4O2S. The Morgan fingerprint density at radius 3 is 2.47 bits per heavy atom. The summed E-state index contributed by atoms with van der Waals surface area (Å²) in [5, 5.41) is 5.56. The van der Waals surface area contributed by atoms with Gasteiger partial charge in [0, 0.05) is 0 Å². The summed E-state index contributed by atoms with van der Waals surface area (Å²) < 4.78 is 64.3. The number of H-pyrrole nitrogens is 1. The number of aromatic nitrogens is 2. The number of sulfonamides is 1. The van der Waals surface area contributed by atoms with Crippen LogP contribution in [-0.2, 0) is 10.0 Å². The Morgan fingerprint density at radius 1 is 1.21 bits per heavy atom. The summed E-state index contributed by atoms with van der Waals surface area (Å²) in [6.07, 6.45) is 0.898. The van der Waals surface area contributed by atoms with Gasteiger partial charge in [0.05, 0.1) is 11.9 Å². The minimum atomic E-state index is -4.25. The number of aromatic amines is 1. The van der Waals surface area contributed by atoms with E-state index in [1.54, 1.807) is 4.72 Å². The van der Waals surface area contributed by atoms with E-state index in [1.807, 2.05) is 0 Å². The molecule has 0 aliphatic carbocycles. The lowest BCUT2D eigenvalue weighted by molar-refractivity contribution is 0.449. The van der Waals surface area contributed by atoms with Gasteiger partial charge in [-0.3, -0.25) is 9.82 Å². The van der Waals surface area contributed by atoms with Gasteiger partial charge in [0.15, 0.2) is 17.5 Å². The molecule has 10 heteroatoms. The zero-order valence-electron chi connectivity index (χ0n) is 9.12. The highest BCUT2D eigenvalue weighted by Crippen LogP contribution is 2.24. The van der Waals surface area contributed by atoms with E-state index in [0.717, 1.165) is 12.3 Å². The second-order valence-corrected chi connectivity index (χ2v) is 5.13. The van der Waals surface area contributed by atoms with Gasteiger partial charge < -0.3 is 5.73 Å². The smallest absolute Gasteiger partial charge is 0.267 e. The molecule has 0 aliphatic heterocycles. The van der Waals surface area contributed by atoms with Crippen LogP contribution >= 0.6 is 0 Å². The van der Waals surface area contributed by atoms with Gasteiger partial charge in [-0.05, 0) is 12.1 Å². The van der Waals surface area contributed by atoms with Crippen molar-refractivity contribution in [1.82, 2.24) is 10.2 Å². The monoisotopic (exact) mass is 292 g/mol. The van der Waals surface area contributed by atoms with Crippen molar-refractivity contribution < 1.29 is 21.6 Å². The van der Waals surface area contributed by atoms with Crippen LogP contribution in [0.5, 0.6) is 0 Å². The van der Waals surface area contributed by atoms with Gasteiger partial charge in [0.2, 0.25) is 0 Å². The molecule has 0 amide bonds. The summed E-state index contributed by atoms with van der Waals surface area (Å²) in [5.41, 5.74) is 4.57. The molecule has 0 saturated heterocycles. The summed E-state index contributed by atoms with van der Waals surface area (Å²) in [6.45, 7) is 0. The number of nitrogen functional groups attached to an aromatic ring is 1. The molecule has 0 unspecified atom stereocenters. The van der Waals surface area contributed by atoms with Gasteiger partial charge in [-0.2, -0.15) is 5.10 Å². The van der Waals surface area contributed by atoms with Gasteiger partial charge in [-0.15, -0.1) is 0 Å². The first-order chi connectivity index (χ1) is 8.83. The zero-order chi connectivity index (χ0) is 14.2. The molecule has 0 aliphatic rings. The van der Waals surface area contributed by atoms with E-state index in [1.165, 1.54) is 0 Å². The third kappa shape index (κ3) is 2.34. The number of benzene rings is 1. The summed E-state index contributed by atoms with van der Waals surface area (Å²) in [6, 6.07) is 1.34. The lowest BCUT2D eigenvalue weighted by Gasteiger charge is -2.08. The highest BCUT2D eigenvalue weighted by molar-refractivity contribution is 7.92. The predicted molar refractivity (Wildman–Crippen MR) is 60.1 cm³/mol. The molecule has 0 radical (unpaired) electrons. The highest BCUT2D eigenvalue weighted by atomic mass is 32.2. The van der Waals surface area contributed by atoms with Crippen molar-refractivity contribution in [2.45, 2.75) is 4.90 Å². The summed E-state index contributed by atoms with van der Waals surface area (Å²) in [7, 11) is -4.25. The molecule has 2 rings (SSSR count). The molecule has 1 aromatic carbocycles.